The van der Waals surface area contributed by atoms with Crippen LogP contribution in [0.4, 0.5) is 0 Å². The average Bonchev–Trinajstić information content (AvgIpc) is 3.13. The Balaban J connectivity index is 0.00000253. The summed E-state index contributed by atoms with van der Waals surface area (Å²) >= 11 is 0. The first-order chi connectivity index (χ1) is 16.5. The molecule has 35 heavy (non-hydrogen) atoms. The third-order valence-corrected chi connectivity index (χ3v) is 6.08. The van der Waals surface area contributed by atoms with Gasteiger partial charge in [0.1, 0.15) is 17.1 Å². The number of phenols is 1. The van der Waals surface area contributed by atoms with Gasteiger partial charge in [-0.3, -0.25) is 0 Å². The van der Waals surface area contributed by atoms with Crippen LogP contribution in [0.2, 0.25) is 0 Å². The van der Waals surface area contributed by atoms with E-state index in [0.717, 1.165) is 44.1 Å². The summed E-state index contributed by atoms with van der Waals surface area (Å²) in [5.41, 5.74) is 5.51. The second-order valence-electron chi connectivity index (χ2n) is 8.70. The van der Waals surface area contributed by atoms with Crippen molar-refractivity contribution in [3.8, 4) is 23.2 Å². The molecule has 176 valence electrons. The van der Waals surface area contributed by atoms with Gasteiger partial charge in [-0.2, -0.15) is 6.07 Å². The molecule has 3 aromatic carbocycles. The number of aromatic nitrogens is 3. The molecule has 0 saturated heterocycles. The molecule has 3 aromatic heterocycles. The number of phenolic OH excluding ortho intramolecular Hbond substituents is 1. The predicted octanol–water partition coefficient (Wildman–Crippen LogP) is 6.95. The van der Waals surface area contributed by atoms with Crippen LogP contribution in [0.1, 0.15) is 16.7 Å². The van der Waals surface area contributed by atoms with Crippen LogP contribution in [0.25, 0.3) is 38.5 Å². The van der Waals surface area contributed by atoms with Gasteiger partial charge in [0.2, 0.25) is 5.88 Å². The number of aryl methyl sites for hydroxylation is 3. The number of pyridine rings is 2. The summed E-state index contributed by atoms with van der Waals surface area (Å²) in [4.78, 5) is 9.21. The molecule has 0 fully saturated rings. The van der Waals surface area contributed by atoms with Crippen molar-refractivity contribution in [1.82, 2.24) is 14.5 Å². The molecule has 5 nitrogen and oxygen atoms in total. The van der Waals surface area contributed by atoms with E-state index in [4.69, 9.17) is 4.74 Å². The van der Waals surface area contributed by atoms with Crippen LogP contribution in [0.3, 0.4) is 0 Å². The van der Waals surface area contributed by atoms with Gasteiger partial charge in [0, 0.05) is 49.5 Å². The van der Waals surface area contributed by atoms with Crippen molar-refractivity contribution < 1.29 is 30.9 Å². The monoisotopic (exact) mass is 639 g/mol. The molecule has 0 aliphatic rings. The van der Waals surface area contributed by atoms with Crippen LogP contribution >= 0.6 is 0 Å². The zero-order chi connectivity index (χ0) is 23.4. The Labute approximate surface area is 217 Å². The van der Waals surface area contributed by atoms with E-state index >= 15 is 0 Å². The summed E-state index contributed by atoms with van der Waals surface area (Å²) in [6.07, 6.45) is 1.79. The average molecular weight is 640 g/mol. The molecule has 3 heterocycles. The van der Waals surface area contributed by atoms with E-state index < -0.39 is 0 Å². The molecule has 6 aromatic rings. The predicted molar refractivity (Wildman–Crippen MR) is 135 cm³/mol. The van der Waals surface area contributed by atoms with E-state index in [0.29, 0.717) is 17.1 Å². The number of benzene rings is 3. The molecule has 0 atom stereocenters. The Morgan fingerprint density at radius 2 is 1.71 bits per heavy atom. The van der Waals surface area contributed by atoms with Gasteiger partial charge < -0.3 is 14.4 Å². The smallest absolute Gasteiger partial charge is 0.220 e. The Hall–Kier alpha value is -3.69. The van der Waals surface area contributed by atoms with Gasteiger partial charge in [-0.1, -0.05) is 23.7 Å². The van der Waals surface area contributed by atoms with Gasteiger partial charge in [-0.05, 0) is 73.7 Å². The van der Waals surface area contributed by atoms with Crippen LogP contribution in [0.15, 0.2) is 72.9 Å². The molecule has 6 heteroatoms. The van der Waals surface area contributed by atoms with Crippen molar-refractivity contribution in [1.29, 1.82) is 0 Å². The fourth-order valence-electron chi connectivity index (χ4n) is 4.53. The van der Waals surface area contributed by atoms with Crippen molar-refractivity contribution in [2.75, 3.05) is 0 Å². The maximum atomic E-state index is 10.4. The van der Waals surface area contributed by atoms with Gasteiger partial charge in [-0.25, -0.2) is 9.97 Å². The molecule has 0 radical (unpaired) electrons. The Kier molecular flexibility index (Phi) is 5.82. The SMILES string of the molecule is Cc1cc(O)c2nc(Oc3[c-]c4c(cc3)c3ccc(C)cc3n4-c3ccccn3)c(C)cc2c1.[Pt]. The minimum atomic E-state index is 0. The second-order valence-corrected chi connectivity index (χ2v) is 8.70. The number of nitrogens with zero attached hydrogens (tertiary/aromatic N) is 3. The third-order valence-electron chi connectivity index (χ3n) is 6.08. The normalized spacial score (nSPS) is 11.2. The van der Waals surface area contributed by atoms with Gasteiger partial charge in [-0.15, -0.1) is 17.5 Å². The van der Waals surface area contributed by atoms with Crippen molar-refractivity contribution in [2.45, 2.75) is 20.8 Å². The summed E-state index contributed by atoms with van der Waals surface area (Å²) in [6.45, 7) is 5.99. The van der Waals surface area contributed by atoms with E-state index in [1.165, 1.54) is 5.56 Å². The van der Waals surface area contributed by atoms with E-state index in [-0.39, 0.29) is 26.8 Å². The first kappa shape index (κ1) is 23.1. The van der Waals surface area contributed by atoms with Crippen LogP contribution in [-0.2, 0) is 21.1 Å². The quantitative estimate of drug-likeness (QED) is 0.213. The largest absolute Gasteiger partial charge is 0.506 e. The number of hydrogen-bond acceptors (Lipinski definition) is 4. The van der Waals surface area contributed by atoms with Gasteiger partial charge >= 0.3 is 0 Å². The van der Waals surface area contributed by atoms with E-state index in [9.17, 15) is 5.11 Å². The molecular weight excluding hydrogens is 617 g/mol. The third kappa shape index (κ3) is 3.96. The van der Waals surface area contributed by atoms with Crippen LogP contribution in [0, 0.1) is 26.8 Å². The first-order valence-corrected chi connectivity index (χ1v) is 11.2. The molecule has 0 aliphatic heterocycles. The molecule has 0 bridgehead atoms. The topological polar surface area (TPSA) is 60.2 Å². The maximum Gasteiger partial charge on any atom is 0.220 e. The summed E-state index contributed by atoms with van der Waals surface area (Å²) < 4.78 is 8.32. The van der Waals surface area contributed by atoms with Gasteiger partial charge in [0.15, 0.2) is 0 Å². The van der Waals surface area contributed by atoms with Crippen molar-refractivity contribution >= 4 is 32.7 Å². The molecule has 1 N–H and O–H groups in total. The number of fused-ring (bicyclic) bond motifs is 4. The fourth-order valence-corrected chi connectivity index (χ4v) is 4.53. The number of rotatable bonds is 3. The summed E-state index contributed by atoms with van der Waals surface area (Å²) in [5, 5.41) is 13.5. The number of hydrogen-bond donors (Lipinski definition) is 1. The Bertz CT molecular complexity index is 1730. The maximum absolute atomic E-state index is 10.4. The van der Waals surface area contributed by atoms with E-state index in [1.807, 2.05) is 50.2 Å². The number of ether oxygens (including phenoxy) is 1. The molecule has 0 unspecified atom stereocenters. The molecular formula is C29H22N3O2Pt-. The van der Waals surface area contributed by atoms with Crippen molar-refractivity contribution in [3.05, 3.63) is 95.7 Å². The molecule has 0 spiro atoms. The zero-order valence-corrected chi connectivity index (χ0v) is 21.7. The zero-order valence-electron chi connectivity index (χ0n) is 19.4. The Morgan fingerprint density at radius 1 is 0.886 bits per heavy atom. The van der Waals surface area contributed by atoms with Crippen molar-refractivity contribution in [3.63, 3.8) is 0 Å². The molecule has 0 saturated carbocycles. The fraction of sp³-hybridized carbons (Fsp3) is 0.103. The Morgan fingerprint density at radius 3 is 2.51 bits per heavy atom. The second kappa shape index (κ2) is 8.83. The molecule has 0 aliphatic carbocycles. The standard InChI is InChI=1S/C29H22N3O2.Pt/c1-17-7-9-22-23-10-8-21(16-25(23)32(24(22)13-17)27-6-4-5-11-30-27)34-29-19(3)15-20-12-18(2)14-26(33)28(20)31-29;/h4-15,33H,1-3H3;/q-1;. The van der Waals surface area contributed by atoms with E-state index in [1.54, 1.807) is 12.3 Å². The van der Waals surface area contributed by atoms with Crippen LogP contribution in [0.5, 0.6) is 17.4 Å². The molecule has 6 rings (SSSR count). The van der Waals surface area contributed by atoms with E-state index in [2.05, 4.69) is 51.8 Å². The molecule has 0 amide bonds. The summed E-state index contributed by atoms with van der Waals surface area (Å²) in [5.74, 6) is 1.95. The van der Waals surface area contributed by atoms with Gasteiger partial charge in [0.25, 0.3) is 0 Å². The summed E-state index contributed by atoms with van der Waals surface area (Å²) in [7, 11) is 0. The number of aromatic hydroxyl groups is 1. The van der Waals surface area contributed by atoms with Crippen molar-refractivity contribution in [2.24, 2.45) is 0 Å². The first-order valence-electron chi connectivity index (χ1n) is 11.2. The summed E-state index contributed by atoms with van der Waals surface area (Å²) in [6, 6.07) is 25.4. The minimum absolute atomic E-state index is 0. The van der Waals surface area contributed by atoms with Gasteiger partial charge in [0.05, 0.1) is 0 Å². The van der Waals surface area contributed by atoms with Crippen LogP contribution in [-0.4, -0.2) is 19.6 Å². The minimum Gasteiger partial charge on any atom is -0.506 e. The van der Waals surface area contributed by atoms with Crippen LogP contribution < -0.4 is 4.74 Å².